The summed E-state index contributed by atoms with van der Waals surface area (Å²) in [6.45, 7) is 6.16. The number of hydrogen-bond donors (Lipinski definition) is 2. The number of rotatable bonds is 3. The van der Waals surface area contributed by atoms with E-state index in [1.54, 1.807) is 29.2 Å². The van der Waals surface area contributed by atoms with Gasteiger partial charge in [-0.25, -0.2) is 9.78 Å². The predicted octanol–water partition coefficient (Wildman–Crippen LogP) is 2.88. The van der Waals surface area contributed by atoms with Crippen LogP contribution in [0.25, 0.3) is 0 Å². The first kappa shape index (κ1) is 17.4. The third kappa shape index (κ3) is 4.34. The van der Waals surface area contributed by atoms with E-state index in [4.69, 9.17) is 4.74 Å². The lowest BCUT2D eigenvalue weighted by molar-refractivity contribution is 0.0564. The maximum Gasteiger partial charge on any atom is 0.321 e. The van der Waals surface area contributed by atoms with Gasteiger partial charge in [-0.3, -0.25) is 10.1 Å². The molecule has 0 saturated carbocycles. The fraction of sp³-hybridized carbons (Fsp3) is 0.353. The molecule has 2 heterocycles. The number of urea groups is 1. The molecule has 0 unspecified atom stereocenters. The molecule has 0 spiro atoms. The van der Waals surface area contributed by atoms with E-state index in [0.29, 0.717) is 42.7 Å². The molecule has 0 aliphatic carbocycles. The summed E-state index contributed by atoms with van der Waals surface area (Å²) in [4.78, 5) is 31.5. The van der Waals surface area contributed by atoms with Crippen molar-refractivity contribution < 1.29 is 14.3 Å². The molecule has 0 radical (unpaired) electrons. The van der Waals surface area contributed by atoms with E-state index in [0.717, 1.165) is 10.6 Å². The second kappa shape index (κ2) is 7.62. The highest BCUT2D eigenvalue weighted by Crippen LogP contribution is 2.22. The van der Waals surface area contributed by atoms with Gasteiger partial charge in [-0.2, -0.15) is 0 Å². The second-order valence-electron chi connectivity index (χ2n) is 5.72. The smallest absolute Gasteiger partial charge is 0.321 e. The topological polar surface area (TPSA) is 83.6 Å². The van der Waals surface area contributed by atoms with Crippen LogP contribution in [0.5, 0.6) is 0 Å². The molecule has 2 N–H and O–H groups in total. The molecule has 2 aromatic rings. The van der Waals surface area contributed by atoms with Crippen LogP contribution in [-0.2, 0) is 4.74 Å². The van der Waals surface area contributed by atoms with Crippen LogP contribution >= 0.6 is 11.3 Å². The Bertz CT molecular complexity index is 747. The Balaban J connectivity index is 1.59. The summed E-state index contributed by atoms with van der Waals surface area (Å²) in [5, 5.41) is 6.21. The van der Waals surface area contributed by atoms with Gasteiger partial charge in [-0.05, 0) is 38.1 Å². The Morgan fingerprint density at radius 3 is 2.40 bits per heavy atom. The number of nitrogens with zero attached hydrogens (tertiary/aromatic N) is 2. The van der Waals surface area contributed by atoms with Crippen LogP contribution in [0.3, 0.4) is 0 Å². The minimum atomic E-state index is -0.222. The van der Waals surface area contributed by atoms with Gasteiger partial charge in [0, 0.05) is 29.2 Å². The number of carbonyl (C=O) groups excluding carboxylic acids is 2. The lowest BCUT2D eigenvalue weighted by atomic mass is 10.2. The largest absolute Gasteiger partial charge is 0.378 e. The minimum Gasteiger partial charge on any atom is -0.378 e. The van der Waals surface area contributed by atoms with Crippen LogP contribution in [-0.4, -0.2) is 48.1 Å². The highest BCUT2D eigenvalue weighted by Gasteiger charge is 2.17. The van der Waals surface area contributed by atoms with Gasteiger partial charge in [0.25, 0.3) is 5.91 Å². The van der Waals surface area contributed by atoms with Gasteiger partial charge in [-0.1, -0.05) is 0 Å². The molecule has 3 rings (SSSR count). The number of nitrogens with one attached hydrogen (secondary N) is 2. The molecule has 132 valence electrons. The number of aryl methyl sites for hydroxylation is 2. The first-order chi connectivity index (χ1) is 12.0. The lowest BCUT2D eigenvalue weighted by Crippen LogP contribution is -2.43. The van der Waals surface area contributed by atoms with Crippen molar-refractivity contribution in [2.24, 2.45) is 0 Å². The van der Waals surface area contributed by atoms with E-state index in [1.807, 2.05) is 13.8 Å². The van der Waals surface area contributed by atoms with Crippen molar-refractivity contribution in [2.75, 3.05) is 36.9 Å². The molecular weight excluding hydrogens is 340 g/mol. The molecule has 3 amide bonds. The fourth-order valence-corrected chi connectivity index (χ4v) is 3.18. The Kier molecular flexibility index (Phi) is 5.30. The summed E-state index contributed by atoms with van der Waals surface area (Å²) >= 11 is 1.45. The van der Waals surface area contributed by atoms with Gasteiger partial charge in [-0.15, -0.1) is 11.3 Å². The predicted molar refractivity (Wildman–Crippen MR) is 97.4 cm³/mol. The second-order valence-corrected chi connectivity index (χ2v) is 6.92. The third-order valence-corrected chi connectivity index (χ3v) is 4.93. The maximum atomic E-state index is 12.3. The van der Waals surface area contributed by atoms with E-state index < -0.39 is 0 Å². The standard InChI is InChI=1S/C17H20N4O3S/c1-11-12(2)25-16(18-11)20-15(22)13-3-5-14(6-4-13)19-17(23)21-7-9-24-10-8-21/h3-6H,7-10H2,1-2H3,(H,19,23)(H,18,20,22). The van der Waals surface area contributed by atoms with Crippen molar-refractivity contribution in [3.8, 4) is 0 Å². The summed E-state index contributed by atoms with van der Waals surface area (Å²) in [7, 11) is 0. The van der Waals surface area contributed by atoms with E-state index in [9.17, 15) is 9.59 Å². The number of aromatic nitrogens is 1. The lowest BCUT2D eigenvalue weighted by Gasteiger charge is -2.26. The average molecular weight is 360 g/mol. The number of morpholine rings is 1. The molecule has 25 heavy (non-hydrogen) atoms. The summed E-state index contributed by atoms with van der Waals surface area (Å²) in [6, 6.07) is 6.63. The Morgan fingerprint density at radius 1 is 1.12 bits per heavy atom. The van der Waals surface area contributed by atoms with Crippen molar-refractivity contribution in [1.82, 2.24) is 9.88 Å². The first-order valence-corrected chi connectivity index (χ1v) is 8.83. The van der Waals surface area contributed by atoms with E-state index in [2.05, 4.69) is 15.6 Å². The quantitative estimate of drug-likeness (QED) is 0.882. The Hall–Kier alpha value is -2.45. The van der Waals surface area contributed by atoms with Crippen LogP contribution in [0.4, 0.5) is 15.6 Å². The molecule has 0 bridgehead atoms. The number of carbonyl (C=O) groups is 2. The summed E-state index contributed by atoms with van der Waals surface area (Å²) in [6.07, 6.45) is 0. The van der Waals surface area contributed by atoms with Crippen LogP contribution in [0.15, 0.2) is 24.3 Å². The van der Waals surface area contributed by atoms with Crippen LogP contribution in [0.2, 0.25) is 0 Å². The van der Waals surface area contributed by atoms with Crippen molar-refractivity contribution >= 4 is 34.1 Å². The van der Waals surface area contributed by atoms with Crippen molar-refractivity contribution in [3.05, 3.63) is 40.4 Å². The van der Waals surface area contributed by atoms with Crippen LogP contribution < -0.4 is 10.6 Å². The molecule has 1 aliphatic rings. The number of hydrogen-bond acceptors (Lipinski definition) is 5. The van der Waals surface area contributed by atoms with Gasteiger partial charge >= 0.3 is 6.03 Å². The number of ether oxygens (including phenoxy) is 1. The van der Waals surface area contributed by atoms with Crippen LogP contribution in [0, 0.1) is 13.8 Å². The summed E-state index contributed by atoms with van der Waals surface area (Å²) < 4.78 is 5.23. The highest BCUT2D eigenvalue weighted by atomic mass is 32.1. The Morgan fingerprint density at radius 2 is 1.80 bits per heavy atom. The van der Waals surface area contributed by atoms with Crippen molar-refractivity contribution in [1.29, 1.82) is 0 Å². The maximum absolute atomic E-state index is 12.3. The number of benzene rings is 1. The fourth-order valence-electron chi connectivity index (χ4n) is 2.37. The highest BCUT2D eigenvalue weighted by molar-refractivity contribution is 7.15. The van der Waals surface area contributed by atoms with Gasteiger partial charge in [0.1, 0.15) is 0 Å². The van der Waals surface area contributed by atoms with Gasteiger partial charge in [0.05, 0.1) is 18.9 Å². The molecule has 1 aromatic carbocycles. The molecule has 1 aliphatic heterocycles. The summed E-state index contributed by atoms with van der Waals surface area (Å²) in [5.74, 6) is -0.222. The van der Waals surface area contributed by atoms with Crippen molar-refractivity contribution in [2.45, 2.75) is 13.8 Å². The van der Waals surface area contributed by atoms with E-state index >= 15 is 0 Å². The molecule has 7 nitrogen and oxygen atoms in total. The normalized spacial score (nSPS) is 14.2. The molecule has 1 saturated heterocycles. The zero-order valence-corrected chi connectivity index (χ0v) is 15.0. The van der Waals surface area contributed by atoms with E-state index in [-0.39, 0.29) is 11.9 Å². The van der Waals surface area contributed by atoms with Gasteiger partial charge in [0.15, 0.2) is 5.13 Å². The minimum absolute atomic E-state index is 0.158. The van der Waals surface area contributed by atoms with Crippen LogP contribution in [0.1, 0.15) is 20.9 Å². The summed E-state index contributed by atoms with van der Waals surface area (Å²) in [5.41, 5.74) is 2.07. The monoisotopic (exact) mass is 360 g/mol. The zero-order valence-electron chi connectivity index (χ0n) is 14.2. The van der Waals surface area contributed by atoms with E-state index in [1.165, 1.54) is 11.3 Å². The number of thiazole rings is 1. The Labute approximate surface area is 150 Å². The van der Waals surface area contributed by atoms with Crippen molar-refractivity contribution in [3.63, 3.8) is 0 Å². The van der Waals surface area contributed by atoms with Gasteiger partial charge < -0.3 is 15.0 Å². The first-order valence-electron chi connectivity index (χ1n) is 8.02. The third-order valence-electron chi connectivity index (χ3n) is 3.95. The molecule has 0 atom stereocenters. The molecule has 8 heteroatoms. The number of anilines is 2. The molecule has 1 aromatic heterocycles. The SMILES string of the molecule is Cc1nc(NC(=O)c2ccc(NC(=O)N3CCOCC3)cc2)sc1C. The molecule has 1 fully saturated rings. The van der Waals surface area contributed by atoms with Gasteiger partial charge in [0.2, 0.25) is 0 Å². The molecular formula is C17H20N4O3S. The zero-order chi connectivity index (χ0) is 17.8. The average Bonchev–Trinajstić information content (AvgIpc) is 2.93. The number of amides is 3.